The number of ether oxygens (including phenoxy) is 1. The van der Waals surface area contributed by atoms with Crippen LogP contribution in [0.25, 0.3) is 6.08 Å². The lowest BCUT2D eigenvalue weighted by atomic mass is 10.1. The van der Waals surface area contributed by atoms with Gasteiger partial charge in [0.15, 0.2) is 5.76 Å². The van der Waals surface area contributed by atoms with E-state index in [0.717, 1.165) is 24.8 Å². The fraction of sp³-hybridized carbons (Fsp3) is 0.190. The molecule has 0 aromatic heterocycles. The maximum Gasteiger partial charge on any atom is 0.229 e. The molecule has 0 unspecified atom stereocenters. The topological polar surface area (TPSA) is 26.3 Å². The van der Waals surface area contributed by atoms with Crippen LogP contribution in [0.5, 0.6) is 0 Å². The molecule has 0 aliphatic heterocycles. The molecule has 2 aromatic carbocycles. The minimum Gasteiger partial charge on any atom is -0.403 e. The van der Waals surface area contributed by atoms with Crippen LogP contribution in [0.3, 0.4) is 0 Å². The van der Waals surface area contributed by atoms with Crippen molar-refractivity contribution in [2.45, 2.75) is 26.2 Å². The first-order valence-electron chi connectivity index (χ1n) is 7.82. The Labute approximate surface area is 137 Å². The maximum atomic E-state index is 12.6. The minimum atomic E-state index is -0.167. The Morgan fingerprint density at radius 3 is 2.35 bits per heavy atom. The van der Waals surface area contributed by atoms with E-state index in [2.05, 4.69) is 19.0 Å². The van der Waals surface area contributed by atoms with Crippen molar-refractivity contribution in [1.29, 1.82) is 0 Å². The van der Waals surface area contributed by atoms with E-state index in [9.17, 15) is 4.79 Å². The van der Waals surface area contributed by atoms with E-state index in [-0.39, 0.29) is 11.5 Å². The molecule has 23 heavy (non-hydrogen) atoms. The van der Waals surface area contributed by atoms with Gasteiger partial charge in [0.25, 0.3) is 0 Å². The summed E-state index contributed by atoms with van der Waals surface area (Å²) >= 11 is 0. The molecular formula is C21H20O2. The van der Waals surface area contributed by atoms with Gasteiger partial charge in [-0.2, -0.15) is 0 Å². The summed E-state index contributed by atoms with van der Waals surface area (Å²) in [5, 5.41) is 0. The van der Waals surface area contributed by atoms with Gasteiger partial charge < -0.3 is 4.74 Å². The van der Waals surface area contributed by atoms with Crippen molar-refractivity contribution in [3.8, 4) is 12.0 Å². The van der Waals surface area contributed by atoms with Gasteiger partial charge in [-0.15, -0.1) is 0 Å². The van der Waals surface area contributed by atoms with Gasteiger partial charge in [-0.1, -0.05) is 79.9 Å². The van der Waals surface area contributed by atoms with Gasteiger partial charge in [0.05, 0.1) is 0 Å². The number of Topliss-reactive ketones (excluding diaryl/α,β-unsaturated/α-hetero) is 1. The Kier molecular flexibility index (Phi) is 6.68. The second-order valence-corrected chi connectivity index (χ2v) is 5.10. The van der Waals surface area contributed by atoms with Crippen LogP contribution in [-0.2, 0) is 4.74 Å². The van der Waals surface area contributed by atoms with Crippen molar-refractivity contribution in [3.63, 3.8) is 0 Å². The van der Waals surface area contributed by atoms with Crippen LogP contribution in [-0.4, -0.2) is 5.78 Å². The average molecular weight is 304 g/mol. The van der Waals surface area contributed by atoms with Gasteiger partial charge in [0.2, 0.25) is 5.78 Å². The number of unbranched alkanes of at least 4 members (excludes halogenated alkanes) is 2. The normalized spacial score (nSPS) is 10.6. The van der Waals surface area contributed by atoms with Gasteiger partial charge in [-0.05, 0) is 18.1 Å². The molecule has 0 saturated carbocycles. The largest absolute Gasteiger partial charge is 0.403 e. The first-order chi connectivity index (χ1) is 11.3. The van der Waals surface area contributed by atoms with Crippen LogP contribution in [0.2, 0.25) is 0 Å². The fourth-order valence-electron chi connectivity index (χ4n) is 1.98. The van der Waals surface area contributed by atoms with E-state index in [0.29, 0.717) is 5.56 Å². The summed E-state index contributed by atoms with van der Waals surface area (Å²) in [5.41, 5.74) is 1.49. The molecule has 0 aliphatic carbocycles. The van der Waals surface area contributed by atoms with E-state index >= 15 is 0 Å². The van der Waals surface area contributed by atoms with Gasteiger partial charge in [-0.25, -0.2) is 0 Å². The Bertz CT molecular complexity index is 704. The Hall–Kier alpha value is -2.79. The molecule has 0 fully saturated rings. The van der Waals surface area contributed by atoms with Gasteiger partial charge in [0.1, 0.15) is 6.11 Å². The molecule has 0 aliphatic rings. The molecule has 2 rings (SSSR count). The molecule has 0 atom stereocenters. The van der Waals surface area contributed by atoms with E-state index in [1.165, 1.54) is 0 Å². The molecule has 2 heteroatoms. The summed E-state index contributed by atoms with van der Waals surface area (Å²) < 4.78 is 5.46. The van der Waals surface area contributed by atoms with Crippen molar-refractivity contribution in [3.05, 3.63) is 77.5 Å². The maximum absolute atomic E-state index is 12.6. The molecule has 0 amide bonds. The smallest absolute Gasteiger partial charge is 0.229 e. The number of hydrogen-bond donors (Lipinski definition) is 0. The number of rotatable bonds is 6. The molecule has 0 radical (unpaired) electrons. The number of carbonyl (C=O) groups excluding carboxylic acids is 1. The van der Waals surface area contributed by atoms with Crippen LogP contribution >= 0.6 is 0 Å². The quantitative estimate of drug-likeness (QED) is 0.245. The van der Waals surface area contributed by atoms with Crippen molar-refractivity contribution < 1.29 is 9.53 Å². The highest BCUT2D eigenvalue weighted by atomic mass is 16.5. The first kappa shape index (κ1) is 16.6. The second kappa shape index (κ2) is 9.27. The molecule has 0 heterocycles. The lowest BCUT2D eigenvalue weighted by Crippen LogP contribution is -2.04. The molecule has 2 nitrogen and oxygen atoms in total. The van der Waals surface area contributed by atoms with E-state index < -0.39 is 0 Å². The highest BCUT2D eigenvalue weighted by molar-refractivity contribution is 6.09. The van der Waals surface area contributed by atoms with E-state index in [1.54, 1.807) is 18.2 Å². The van der Waals surface area contributed by atoms with E-state index in [1.807, 2.05) is 48.5 Å². The van der Waals surface area contributed by atoms with E-state index in [4.69, 9.17) is 4.74 Å². The van der Waals surface area contributed by atoms with Crippen LogP contribution in [0.1, 0.15) is 42.1 Å². The molecular weight excluding hydrogens is 284 g/mol. The SMILES string of the molecule is CCCCC#COC(=Cc1ccccc1)C(=O)c1ccccc1. The standard InChI is InChI=1S/C21H20O2/c1-2-3-4-11-16-23-20(17-18-12-7-5-8-13-18)21(22)19-14-9-6-10-15-19/h5-10,12-15,17H,2-4H2,1H3. The third-order valence-electron chi connectivity index (χ3n) is 3.25. The second-order valence-electron chi connectivity index (χ2n) is 5.10. The lowest BCUT2D eigenvalue weighted by molar-refractivity contribution is 0.0979. The molecule has 116 valence electrons. The number of hydrogen-bond acceptors (Lipinski definition) is 2. The zero-order valence-electron chi connectivity index (χ0n) is 13.3. The van der Waals surface area contributed by atoms with Crippen LogP contribution in [0, 0.1) is 12.0 Å². The molecule has 0 saturated heterocycles. The van der Waals surface area contributed by atoms with Gasteiger partial charge >= 0.3 is 0 Å². The summed E-state index contributed by atoms with van der Waals surface area (Å²) in [4.78, 5) is 12.6. The third kappa shape index (κ3) is 5.48. The summed E-state index contributed by atoms with van der Waals surface area (Å²) in [6, 6.07) is 18.7. The number of allylic oxidation sites excluding steroid dienone is 1. The average Bonchev–Trinajstić information content (AvgIpc) is 2.61. The summed E-state index contributed by atoms with van der Waals surface area (Å²) in [6.07, 6.45) is 7.27. The molecule has 0 bridgehead atoms. The summed E-state index contributed by atoms with van der Waals surface area (Å²) in [5.74, 6) is 3.02. The molecule has 0 spiro atoms. The highest BCUT2D eigenvalue weighted by Gasteiger charge is 2.13. The number of benzene rings is 2. The Balaban J connectivity index is 2.22. The predicted octanol–water partition coefficient (Wildman–Crippen LogP) is 5.08. The van der Waals surface area contributed by atoms with Gasteiger partial charge in [-0.3, -0.25) is 4.79 Å². The Morgan fingerprint density at radius 1 is 1.04 bits per heavy atom. The minimum absolute atomic E-state index is 0.167. The number of ketones is 1. The Morgan fingerprint density at radius 2 is 1.70 bits per heavy atom. The van der Waals surface area contributed by atoms with Crippen LogP contribution < -0.4 is 0 Å². The van der Waals surface area contributed by atoms with Gasteiger partial charge in [0, 0.05) is 12.0 Å². The molecule has 2 aromatic rings. The van der Waals surface area contributed by atoms with Crippen LogP contribution in [0.4, 0.5) is 0 Å². The fourth-order valence-corrected chi connectivity index (χ4v) is 1.98. The monoisotopic (exact) mass is 304 g/mol. The van der Waals surface area contributed by atoms with Crippen molar-refractivity contribution >= 4 is 11.9 Å². The summed E-state index contributed by atoms with van der Waals surface area (Å²) in [6.45, 7) is 2.11. The highest BCUT2D eigenvalue weighted by Crippen LogP contribution is 2.14. The summed E-state index contributed by atoms with van der Waals surface area (Å²) in [7, 11) is 0. The zero-order valence-corrected chi connectivity index (χ0v) is 13.3. The third-order valence-corrected chi connectivity index (χ3v) is 3.25. The molecule has 0 N–H and O–H groups in total. The zero-order chi connectivity index (χ0) is 16.3. The van der Waals surface area contributed by atoms with Crippen molar-refractivity contribution in [2.24, 2.45) is 0 Å². The van der Waals surface area contributed by atoms with Crippen LogP contribution in [0.15, 0.2) is 66.4 Å². The van der Waals surface area contributed by atoms with Crippen molar-refractivity contribution in [1.82, 2.24) is 0 Å². The first-order valence-corrected chi connectivity index (χ1v) is 7.82. The predicted molar refractivity (Wildman–Crippen MR) is 93.6 cm³/mol. The lowest BCUT2D eigenvalue weighted by Gasteiger charge is -2.04. The number of carbonyl (C=O) groups is 1. The van der Waals surface area contributed by atoms with Crippen molar-refractivity contribution in [2.75, 3.05) is 0 Å².